The van der Waals surface area contributed by atoms with Gasteiger partial charge in [0.1, 0.15) is 23.2 Å². The van der Waals surface area contributed by atoms with Crippen molar-refractivity contribution in [3.8, 4) is 35.2 Å². The second kappa shape index (κ2) is 12.0. The van der Waals surface area contributed by atoms with E-state index in [2.05, 4.69) is 21.2 Å². The van der Waals surface area contributed by atoms with Crippen molar-refractivity contribution >= 4 is 40.8 Å². The maximum Gasteiger partial charge on any atom is 0.282 e. The Bertz CT molecular complexity index is 1420. The minimum Gasteiger partial charge on any atom is -0.493 e. The van der Waals surface area contributed by atoms with Crippen molar-refractivity contribution in [2.45, 2.75) is 18.9 Å². The van der Waals surface area contributed by atoms with Crippen molar-refractivity contribution in [1.29, 1.82) is 5.26 Å². The summed E-state index contributed by atoms with van der Waals surface area (Å²) in [7, 11) is 0. The van der Waals surface area contributed by atoms with Crippen LogP contribution in [-0.2, 0) is 0 Å². The van der Waals surface area contributed by atoms with Crippen LogP contribution in [0.3, 0.4) is 0 Å². The van der Waals surface area contributed by atoms with Crippen LogP contribution in [0.15, 0.2) is 48.8 Å². The SMILES string of the molecule is C#C[C@@H](/C=C/c1cnc(Oc2ccc(OCC3CC3)cc2Cl)s1)NC(=O)c1ccnc(C(=O)NC#N)c1. The van der Waals surface area contributed by atoms with Gasteiger partial charge in [-0.2, -0.15) is 5.26 Å². The fraction of sp³-hybridized carbons (Fsp3) is 0.192. The Balaban J connectivity index is 1.34. The smallest absolute Gasteiger partial charge is 0.282 e. The third-order valence-corrected chi connectivity index (χ3v) is 6.26. The number of amides is 2. The van der Waals surface area contributed by atoms with Gasteiger partial charge in [-0.1, -0.05) is 28.9 Å². The Morgan fingerprint density at radius 2 is 2.11 bits per heavy atom. The Morgan fingerprint density at radius 3 is 2.84 bits per heavy atom. The number of ether oxygens (including phenoxy) is 2. The molecule has 4 rings (SSSR count). The van der Waals surface area contributed by atoms with Crippen LogP contribution in [0.4, 0.5) is 0 Å². The Hall–Kier alpha value is -4.38. The van der Waals surface area contributed by atoms with Crippen LogP contribution in [0.5, 0.6) is 16.7 Å². The van der Waals surface area contributed by atoms with Gasteiger partial charge in [0.2, 0.25) is 0 Å². The van der Waals surface area contributed by atoms with E-state index in [1.165, 1.54) is 48.7 Å². The summed E-state index contributed by atoms with van der Waals surface area (Å²) >= 11 is 7.61. The molecule has 1 aromatic carbocycles. The van der Waals surface area contributed by atoms with Gasteiger partial charge >= 0.3 is 0 Å². The Kier molecular flexibility index (Phi) is 8.37. The molecule has 0 saturated heterocycles. The van der Waals surface area contributed by atoms with Crippen molar-refractivity contribution in [1.82, 2.24) is 20.6 Å². The summed E-state index contributed by atoms with van der Waals surface area (Å²) in [5.41, 5.74) is 0.0979. The predicted octanol–water partition coefficient (Wildman–Crippen LogP) is 4.43. The van der Waals surface area contributed by atoms with Crippen LogP contribution in [0.25, 0.3) is 6.08 Å². The van der Waals surface area contributed by atoms with Gasteiger partial charge in [0.15, 0.2) is 6.19 Å². The van der Waals surface area contributed by atoms with Crippen LogP contribution in [0.1, 0.15) is 38.6 Å². The zero-order valence-electron chi connectivity index (χ0n) is 19.3. The molecular formula is C26H20ClN5O4S. The number of terminal acetylenes is 1. The Labute approximate surface area is 222 Å². The summed E-state index contributed by atoms with van der Waals surface area (Å²) in [6.45, 7) is 0.695. The quantitative estimate of drug-likeness (QED) is 0.224. The summed E-state index contributed by atoms with van der Waals surface area (Å²) in [5, 5.41) is 14.0. The lowest BCUT2D eigenvalue weighted by Crippen LogP contribution is -2.32. The van der Waals surface area contributed by atoms with Gasteiger partial charge in [-0.05, 0) is 55.2 Å². The molecule has 0 bridgehead atoms. The first-order chi connectivity index (χ1) is 17.9. The largest absolute Gasteiger partial charge is 0.493 e. The van der Waals surface area contributed by atoms with E-state index < -0.39 is 17.9 Å². The average molecular weight is 534 g/mol. The highest BCUT2D eigenvalue weighted by Crippen LogP contribution is 2.35. The van der Waals surface area contributed by atoms with Crippen molar-refractivity contribution < 1.29 is 19.1 Å². The van der Waals surface area contributed by atoms with E-state index in [0.717, 1.165) is 4.88 Å². The fourth-order valence-electron chi connectivity index (χ4n) is 3.01. The number of carbonyl (C=O) groups excluding carboxylic acids is 2. The lowest BCUT2D eigenvalue weighted by molar-refractivity contribution is 0.0951. The number of rotatable bonds is 10. The van der Waals surface area contributed by atoms with E-state index in [-0.39, 0.29) is 11.3 Å². The molecule has 0 unspecified atom stereocenters. The number of nitrogens with one attached hydrogen (secondary N) is 2. The molecule has 186 valence electrons. The molecule has 0 spiro atoms. The van der Waals surface area contributed by atoms with Crippen LogP contribution in [0.2, 0.25) is 5.02 Å². The molecule has 1 atom stereocenters. The van der Waals surface area contributed by atoms with Crippen LogP contribution >= 0.6 is 22.9 Å². The van der Waals surface area contributed by atoms with Crippen molar-refractivity contribution in [2.75, 3.05) is 6.61 Å². The summed E-state index contributed by atoms with van der Waals surface area (Å²) in [5.74, 6) is 3.06. The molecule has 0 radical (unpaired) electrons. The summed E-state index contributed by atoms with van der Waals surface area (Å²) in [4.78, 5) is 33.2. The van der Waals surface area contributed by atoms with Crippen molar-refractivity contribution in [2.24, 2.45) is 5.92 Å². The number of benzene rings is 1. The molecule has 0 aliphatic heterocycles. The second-order valence-corrected chi connectivity index (χ2v) is 9.38. The summed E-state index contributed by atoms with van der Waals surface area (Å²) < 4.78 is 11.5. The third kappa shape index (κ3) is 7.31. The molecule has 1 aliphatic rings. The highest BCUT2D eigenvalue weighted by Gasteiger charge is 2.22. The monoisotopic (exact) mass is 533 g/mol. The van der Waals surface area contributed by atoms with E-state index >= 15 is 0 Å². The number of hydrogen-bond donors (Lipinski definition) is 2. The third-order valence-electron chi connectivity index (χ3n) is 5.13. The number of hydrogen-bond acceptors (Lipinski definition) is 8. The molecule has 2 amide bonds. The topological polar surface area (TPSA) is 126 Å². The minimum absolute atomic E-state index is 0.0697. The fourth-order valence-corrected chi connectivity index (χ4v) is 3.91. The lowest BCUT2D eigenvalue weighted by Gasteiger charge is -2.09. The van der Waals surface area contributed by atoms with Crippen molar-refractivity contribution in [3.05, 3.63) is 70.0 Å². The van der Waals surface area contributed by atoms with Crippen molar-refractivity contribution in [3.63, 3.8) is 0 Å². The first-order valence-electron chi connectivity index (χ1n) is 11.1. The average Bonchev–Trinajstić information content (AvgIpc) is 3.63. The van der Waals surface area contributed by atoms with Gasteiger partial charge in [0, 0.05) is 24.0 Å². The molecule has 37 heavy (non-hydrogen) atoms. The first-order valence-corrected chi connectivity index (χ1v) is 12.3. The number of halogens is 1. The first kappa shape index (κ1) is 25.7. The molecule has 1 aliphatic carbocycles. The maximum absolute atomic E-state index is 12.6. The summed E-state index contributed by atoms with van der Waals surface area (Å²) in [6, 6.07) is 7.22. The zero-order chi connectivity index (χ0) is 26.2. The van der Waals surface area contributed by atoms with Gasteiger partial charge in [-0.15, -0.1) is 6.42 Å². The molecule has 1 fully saturated rings. The molecule has 9 nitrogen and oxygen atoms in total. The molecule has 1 saturated carbocycles. The molecule has 2 aromatic heterocycles. The Morgan fingerprint density at radius 1 is 1.27 bits per heavy atom. The van der Waals surface area contributed by atoms with E-state index in [0.29, 0.717) is 34.2 Å². The highest BCUT2D eigenvalue weighted by molar-refractivity contribution is 7.14. The molecule has 3 aromatic rings. The predicted molar refractivity (Wildman–Crippen MR) is 138 cm³/mol. The van der Waals surface area contributed by atoms with E-state index in [1.54, 1.807) is 36.5 Å². The number of pyridine rings is 1. The molecule has 11 heteroatoms. The number of nitriles is 1. The molecule has 2 heterocycles. The maximum atomic E-state index is 12.6. The highest BCUT2D eigenvalue weighted by atomic mass is 35.5. The van der Waals surface area contributed by atoms with Gasteiger partial charge in [-0.25, -0.2) is 4.98 Å². The zero-order valence-corrected chi connectivity index (χ0v) is 20.9. The van der Waals surface area contributed by atoms with Gasteiger partial charge in [0.05, 0.1) is 16.5 Å². The number of nitrogens with zero attached hydrogens (tertiary/aromatic N) is 3. The van der Waals surface area contributed by atoms with Crippen LogP contribution in [0, 0.1) is 29.7 Å². The number of carbonyl (C=O) groups is 2. The number of aromatic nitrogens is 2. The van der Waals surface area contributed by atoms with E-state index in [9.17, 15) is 9.59 Å². The van der Waals surface area contributed by atoms with Gasteiger partial charge in [0.25, 0.3) is 17.0 Å². The summed E-state index contributed by atoms with van der Waals surface area (Å²) in [6.07, 6.45) is 15.7. The van der Waals surface area contributed by atoms with Gasteiger partial charge in [-0.3, -0.25) is 19.9 Å². The molecule has 2 N–H and O–H groups in total. The standard InChI is InChI=1S/C26H20ClN5O4S/c1-2-18(32-24(33)17-9-10-29-22(11-17)25(34)31-15-28)5-7-20-13-30-26(37-20)36-23-8-6-19(12-21(23)27)35-14-16-3-4-16/h1,5-13,16,18H,3-4,14H2,(H,31,34)(H,32,33)/b7-5+/t18-/m0/s1. The van der Waals surface area contributed by atoms with Crippen LogP contribution < -0.4 is 20.1 Å². The van der Waals surface area contributed by atoms with Gasteiger partial charge < -0.3 is 14.8 Å². The lowest BCUT2D eigenvalue weighted by atomic mass is 10.2. The normalized spacial score (nSPS) is 13.3. The molecular weight excluding hydrogens is 514 g/mol. The van der Waals surface area contributed by atoms with Crippen LogP contribution in [-0.4, -0.2) is 34.4 Å². The minimum atomic E-state index is -0.735. The van der Waals surface area contributed by atoms with E-state index in [1.807, 2.05) is 5.32 Å². The second-order valence-electron chi connectivity index (χ2n) is 7.95. The number of thiazole rings is 1. The van der Waals surface area contributed by atoms with E-state index in [4.69, 9.17) is 32.8 Å².